The highest BCUT2D eigenvalue weighted by atomic mass is 16.6. The van der Waals surface area contributed by atoms with Crippen LogP contribution < -0.4 is 0 Å². The average molecular weight is 154 g/mol. The standard InChI is InChI=1S/C9H14O2/c1-9-5-3-2-4-7(9)6-11-8(9)10/h2-3,7-8,10H,4-6H2,1H3. The molecular weight excluding hydrogens is 140 g/mol. The first-order valence-electron chi connectivity index (χ1n) is 4.18. The summed E-state index contributed by atoms with van der Waals surface area (Å²) in [4.78, 5) is 0. The number of ether oxygens (including phenoxy) is 1. The average Bonchev–Trinajstić information content (AvgIpc) is 2.29. The largest absolute Gasteiger partial charge is 0.367 e. The maximum atomic E-state index is 9.53. The van der Waals surface area contributed by atoms with Crippen molar-refractivity contribution in [3.05, 3.63) is 12.2 Å². The molecule has 1 fully saturated rings. The molecule has 3 unspecified atom stereocenters. The molecule has 1 heterocycles. The third kappa shape index (κ3) is 0.932. The summed E-state index contributed by atoms with van der Waals surface area (Å²) in [5, 5.41) is 9.53. The monoisotopic (exact) mass is 154 g/mol. The third-order valence-corrected chi connectivity index (χ3v) is 3.10. The fraction of sp³-hybridized carbons (Fsp3) is 0.778. The molecule has 0 aromatic heterocycles. The van der Waals surface area contributed by atoms with Crippen LogP contribution >= 0.6 is 0 Å². The number of hydrogen-bond donors (Lipinski definition) is 1. The lowest BCUT2D eigenvalue weighted by molar-refractivity contribution is -0.114. The molecule has 11 heavy (non-hydrogen) atoms. The van der Waals surface area contributed by atoms with E-state index in [1.807, 2.05) is 0 Å². The number of aliphatic hydroxyl groups is 1. The lowest BCUT2D eigenvalue weighted by Gasteiger charge is -2.33. The molecule has 62 valence electrons. The molecule has 0 amide bonds. The van der Waals surface area contributed by atoms with Gasteiger partial charge in [-0.15, -0.1) is 0 Å². The summed E-state index contributed by atoms with van der Waals surface area (Å²) in [6.45, 7) is 2.83. The summed E-state index contributed by atoms with van der Waals surface area (Å²) in [6, 6.07) is 0. The second-order valence-electron chi connectivity index (χ2n) is 3.80. The summed E-state index contributed by atoms with van der Waals surface area (Å²) in [6.07, 6.45) is 5.81. The van der Waals surface area contributed by atoms with Crippen molar-refractivity contribution in [3.8, 4) is 0 Å². The van der Waals surface area contributed by atoms with E-state index in [0.29, 0.717) is 5.92 Å². The van der Waals surface area contributed by atoms with Gasteiger partial charge in [0.2, 0.25) is 0 Å². The van der Waals surface area contributed by atoms with Crippen molar-refractivity contribution in [2.75, 3.05) is 6.61 Å². The molecule has 1 aliphatic carbocycles. The van der Waals surface area contributed by atoms with Gasteiger partial charge in [-0.25, -0.2) is 0 Å². The van der Waals surface area contributed by atoms with Crippen molar-refractivity contribution in [3.63, 3.8) is 0 Å². The molecule has 2 aliphatic rings. The Kier molecular flexibility index (Phi) is 1.55. The van der Waals surface area contributed by atoms with Gasteiger partial charge in [0.15, 0.2) is 6.29 Å². The van der Waals surface area contributed by atoms with Crippen LogP contribution in [0.25, 0.3) is 0 Å². The Morgan fingerprint density at radius 2 is 2.36 bits per heavy atom. The minimum Gasteiger partial charge on any atom is -0.367 e. The molecular formula is C9H14O2. The topological polar surface area (TPSA) is 29.5 Å². The summed E-state index contributed by atoms with van der Waals surface area (Å²) >= 11 is 0. The molecule has 0 radical (unpaired) electrons. The van der Waals surface area contributed by atoms with Gasteiger partial charge in [0.25, 0.3) is 0 Å². The van der Waals surface area contributed by atoms with Gasteiger partial charge >= 0.3 is 0 Å². The highest BCUT2D eigenvalue weighted by molar-refractivity contribution is 5.04. The second-order valence-corrected chi connectivity index (χ2v) is 3.80. The van der Waals surface area contributed by atoms with Crippen LogP contribution in [0.1, 0.15) is 19.8 Å². The highest BCUT2D eigenvalue weighted by Crippen LogP contribution is 2.45. The molecule has 1 aliphatic heterocycles. The van der Waals surface area contributed by atoms with Crippen molar-refractivity contribution in [2.24, 2.45) is 11.3 Å². The SMILES string of the molecule is CC12CC=CCC1COC2O. The summed E-state index contributed by atoms with van der Waals surface area (Å²) < 4.78 is 5.22. The Balaban J connectivity index is 2.24. The molecule has 0 bridgehead atoms. The fourth-order valence-corrected chi connectivity index (χ4v) is 1.99. The molecule has 0 spiro atoms. The van der Waals surface area contributed by atoms with Gasteiger partial charge in [0, 0.05) is 5.41 Å². The number of aliphatic hydroxyl groups excluding tert-OH is 1. The molecule has 3 atom stereocenters. The van der Waals surface area contributed by atoms with E-state index < -0.39 is 6.29 Å². The zero-order valence-corrected chi connectivity index (χ0v) is 6.79. The molecule has 2 heteroatoms. The molecule has 2 rings (SSSR count). The first kappa shape index (κ1) is 7.32. The Morgan fingerprint density at radius 1 is 1.55 bits per heavy atom. The molecule has 0 saturated carbocycles. The quantitative estimate of drug-likeness (QED) is 0.533. The molecule has 1 N–H and O–H groups in total. The predicted molar refractivity (Wildman–Crippen MR) is 41.9 cm³/mol. The van der Waals surface area contributed by atoms with Crippen LogP contribution in [0.4, 0.5) is 0 Å². The van der Waals surface area contributed by atoms with Crippen LogP contribution in [-0.2, 0) is 4.74 Å². The van der Waals surface area contributed by atoms with Crippen LogP contribution in [0, 0.1) is 11.3 Å². The van der Waals surface area contributed by atoms with Crippen LogP contribution in [0.5, 0.6) is 0 Å². The summed E-state index contributed by atoms with van der Waals surface area (Å²) in [7, 11) is 0. The van der Waals surface area contributed by atoms with E-state index in [0.717, 1.165) is 19.4 Å². The maximum absolute atomic E-state index is 9.53. The minimum atomic E-state index is -0.544. The Bertz CT molecular complexity index is 188. The zero-order chi connectivity index (χ0) is 7.90. The first-order chi connectivity index (χ1) is 5.23. The van der Waals surface area contributed by atoms with Crippen molar-refractivity contribution in [1.29, 1.82) is 0 Å². The molecule has 0 aromatic rings. The first-order valence-corrected chi connectivity index (χ1v) is 4.18. The van der Waals surface area contributed by atoms with Gasteiger partial charge in [0.1, 0.15) is 0 Å². The van der Waals surface area contributed by atoms with Gasteiger partial charge in [-0.05, 0) is 18.8 Å². The van der Waals surface area contributed by atoms with Crippen molar-refractivity contribution in [1.82, 2.24) is 0 Å². The van der Waals surface area contributed by atoms with Gasteiger partial charge in [-0.1, -0.05) is 19.1 Å². The number of allylic oxidation sites excluding steroid dienone is 2. The Hall–Kier alpha value is -0.340. The van der Waals surface area contributed by atoms with E-state index in [9.17, 15) is 5.11 Å². The van der Waals surface area contributed by atoms with Crippen LogP contribution in [0.2, 0.25) is 0 Å². The van der Waals surface area contributed by atoms with E-state index >= 15 is 0 Å². The number of rotatable bonds is 0. The Morgan fingerprint density at radius 3 is 3.09 bits per heavy atom. The van der Waals surface area contributed by atoms with E-state index in [1.54, 1.807) is 0 Å². The van der Waals surface area contributed by atoms with E-state index in [-0.39, 0.29) is 5.41 Å². The lowest BCUT2D eigenvalue weighted by Crippen LogP contribution is -2.34. The van der Waals surface area contributed by atoms with Crippen molar-refractivity contribution >= 4 is 0 Å². The number of hydrogen-bond acceptors (Lipinski definition) is 2. The van der Waals surface area contributed by atoms with Gasteiger partial charge in [0.05, 0.1) is 6.61 Å². The van der Waals surface area contributed by atoms with Crippen LogP contribution in [-0.4, -0.2) is 18.0 Å². The fourth-order valence-electron chi connectivity index (χ4n) is 1.99. The van der Waals surface area contributed by atoms with Crippen molar-refractivity contribution in [2.45, 2.75) is 26.1 Å². The smallest absolute Gasteiger partial charge is 0.160 e. The van der Waals surface area contributed by atoms with Gasteiger partial charge < -0.3 is 9.84 Å². The molecule has 2 nitrogen and oxygen atoms in total. The van der Waals surface area contributed by atoms with Crippen molar-refractivity contribution < 1.29 is 9.84 Å². The lowest BCUT2D eigenvalue weighted by atomic mass is 9.72. The van der Waals surface area contributed by atoms with Crippen LogP contribution in [0.15, 0.2) is 12.2 Å². The molecule has 1 saturated heterocycles. The normalized spacial score (nSPS) is 49.3. The number of fused-ring (bicyclic) bond motifs is 1. The summed E-state index contributed by atoms with van der Waals surface area (Å²) in [5.41, 5.74) is -0.00521. The Labute approximate surface area is 66.9 Å². The van der Waals surface area contributed by atoms with Crippen LogP contribution in [0.3, 0.4) is 0 Å². The third-order valence-electron chi connectivity index (χ3n) is 3.10. The summed E-state index contributed by atoms with van der Waals surface area (Å²) in [5.74, 6) is 0.530. The minimum absolute atomic E-state index is 0.00521. The van der Waals surface area contributed by atoms with E-state index in [2.05, 4.69) is 19.1 Å². The van der Waals surface area contributed by atoms with Gasteiger partial charge in [-0.2, -0.15) is 0 Å². The zero-order valence-electron chi connectivity index (χ0n) is 6.79. The second kappa shape index (κ2) is 2.32. The predicted octanol–water partition coefficient (Wildman–Crippen LogP) is 1.31. The highest BCUT2D eigenvalue weighted by Gasteiger charge is 2.46. The van der Waals surface area contributed by atoms with Gasteiger partial charge in [-0.3, -0.25) is 0 Å². The maximum Gasteiger partial charge on any atom is 0.160 e. The van der Waals surface area contributed by atoms with E-state index in [4.69, 9.17) is 4.74 Å². The van der Waals surface area contributed by atoms with E-state index in [1.165, 1.54) is 0 Å². The molecule has 0 aromatic carbocycles.